The van der Waals surface area contributed by atoms with Gasteiger partial charge in [-0.3, -0.25) is 4.79 Å². The number of halogens is 1. The van der Waals surface area contributed by atoms with E-state index in [1.54, 1.807) is 18.2 Å². The van der Waals surface area contributed by atoms with Crippen LogP contribution in [0.1, 0.15) is 42.6 Å². The molecule has 0 unspecified atom stereocenters. The molecule has 1 heterocycles. The quantitative estimate of drug-likeness (QED) is 0.904. The molecule has 1 aliphatic carbocycles. The zero-order chi connectivity index (χ0) is 16.1. The fourth-order valence-corrected chi connectivity index (χ4v) is 2.75. The van der Waals surface area contributed by atoms with Crippen molar-refractivity contribution in [1.82, 2.24) is 10.2 Å². The molecule has 0 atom stereocenters. The number of aromatic nitrogens is 2. The largest absolute Gasteiger partial charge is 0.366 e. The van der Waals surface area contributed by atoms with Gasteiger partial charge in [-0.15, -0.1) is 10.2 Å². The average molecular weight is 314 g/mol. The van der Waals surface area contributed by atoms with Crippen molar-refractivity contribution in [2.75, 3.05) is 10.6 Å². The van der Waals surface area contributed by atoms with E-state index in [-0.39, 0.29) is 5.69 Å². The fourth-order valence-electron chi connectivity index (χ4n) is 2.75. The number of carbonyl (C=O) groups excluding carboxylic acids is 1. The molecule has 1 aromatic carbocycles. The highest BCUT2D eigenvalue weighted by Gasteiger charge is 2.14. The van der Waals surface area contributed by atoms with Crippen LogP contribution in [0, 0.1) is 5.82 Å². The fraction of sp³-hybridized carbons (Fsp3) is 0.353. The van der Waals surface area contributed by atoms with Crippen LogP contribution in [-0.2, 0) is 0 Å². The van der Waals surface area contributed by atoms with E-state index in [4.69, 9.17) is 0 Å². The molecular weight excluding hydrogens is 295 g/mol. The Balaban J connectivity index is 1.60. The highest BCUT2D eigenvalue weighted by Crippen LogP contribution is 2.20. The molecule has 2 aromatic rings. The van der Waals surface area contributed by atoms with E-state index < -0.39 is 11.7 Å². The maximum Gasteiger partial charge on any atom is 0.276 e. The Morgan fingerprint density at radius 2 is 1.91 bits per heavy atom. The maximum atomic E-state index is 13.1. The molecule has 1 aromatic heterocycles. The van der Waals surface area contributed by atoms with Gasteiger partial charge in [0.1, 0.15) is 11.6 Å². The number of hydrogen-bond acceptors (Lipinski definition) is 4. The molecule has 0 spiro atoms. The first-order valence-electron chi connectivity index (χ1n) is 7.88. The normalized spacial score (nSPS) is 15.2. The Kier molecular flexibility index (Phi) is 4.80. The number of benzene rings is 1. The molecule has 1 saturated carbocycles. The first-order chi connectivity index (χ1) is 11.2. The summed E-state index contributed by atoms with van der Waals surface area (Å²) in [5.74, 6) is -0.132. The summed E-state index contributed by atoms with van der Waals surface area (Å²) in [6.45, 7) is 0. The molecule has 1 amide bonds. The van der Waals surface area contributed by atoms with E-state index in [0.717, 1.165) is 12.8 Å². The molecule has 3 rings (SSSR count). The number of carbonyl (C=O) groups is 1. The maximum absolute atomic E-state index is 13.1. The highest BCUT2D eigenvalue weighted by atomic mass is 19.1. The van der Waals surface area contributed by atoms with Crippen molar-refractivity contribution in [2.45, 2.75) is 38.1 Å². The summed E-state index contributed by atoms with van der Waals surface area (Å²) in [4.78, 5) is 12.1. The second-order valence-electron chi connectivity index (χ2n) is 5.75. The number of amides is 1. The van der Waals surface area contributed by atoms with Crippen molar-refractivity contribution in [3.8, 4) is 0 Å². The third-order valence-electron chi connectivity index (χ3n) is 3.94. The van der Waals surface area contributed by atoms with Crippen molar-refractivity contribution in [2.24, 2.45) is 0 Å². The van der Waals surface area contributed by atoms with Crippen molar-refractivity contribution in [1.29, 1.82) is 0 Å². The van der Waals surface area contributed by atoms with Gasteiger partial charge in [0.2, 0.25) is 0 Å². The second-order valence-corrected chi connectivity index (χ2v) is 5.75. The summed E-state index contributed by atoms with van der Waals surface area (Å²) in [6.07, 6.45) is 6.05. The molecular formula is C17H19FN4O. The Bertz CT molecular complexity index is 669. The van der Waals surface area contributed by atoms with Crippen molar-refractivity contribution in [3.63, 3.8) is 0 Å². The molecule has 1 fully saturated rings. The van der Waals surface area contributed by atoms with Gasteiger partial charge in [-0.2, -0.15) is 0 Å². The van der Waals surface area contributed by atoms with Crippen molar-refractivity contribution < 1.29 is 9.18 Å². The Labute approximate surface area is 134 Å². The number of nitrogens with one attached hydrogen (secondary N) is 2. The molecule has 6 heteroatoms. The van der Waals surface area contributed by atoms with Gasteiger partial charge >= 0.3 is 0 Å². The minimum atomic E-state index is -0.410. The number of nitrogens with zero attached hydrogens (tertiary/aromatic N) is 2. The van der Waals surface area contributed by atoms with Crippen LogP contribution in [0.5, 0.6) is 0 Å². The monoisotopic (exact) mass is 314 g/mol. The summed E-state index contributed by atoms with van der Waals surface area (Å²) in [6, 6.07) is 9.53. The molecule has 5 nitrogen and oxygen atoms in total. The second kappa shape index (κ2) is 7.17. The van der Waals surface area contributed by atoms with Gasteiger partial charge in [0.05, 0.1) is 0 Å². The molecule has 120 valence electrons. The number of hydrogen-bond donors (Lipinski definition) is 2. The minimum Gasteiger partial charge on any atom is -0.366 e. The zero-order valence-corrected chi connectivity index (χ0v) is 12.8. The first-order valence-corrected chi connectivity index (χ1v) is 7.88. The Morgan fingerprint density at radius 1 is 1.09 bits per heavy atom. The summed E-state index contributed by atoms with van der Waals surface area (Å²) < 4.78 is 13.1. The summed E-state index contributed by atoms with van der Waals surface area (Å²) in [5, 5.41) is 13.9. The molecule has 0 saturated heterocycles. The third kappa shape index (κ3) is 4.25. The topological polar surface area (TPSA) is 66.9 Å². The first kappa shape index (κ1) is 15.4. The van der Waals surface area contributed by atoms with Gasteiger partial charge in [0, 0.05) is 11.7 Å². The van der Waals surface area contributed by atoms with Crippen LogP contribution in [0.3, 0.4) is 0 Å². The van der Waals surface area contributed by atoms with Crippen LogP contribution in [0.15, 0.2) is 36.4 Å². The van der Waals surface area contributed by atoms with Crippen LogP contribution < -0.4 is 10.6 Å². The predicted molar refractivity (Wildman–Crippen MR) is 86.9 cm³/mol. The van der Waals surface area contributed by atoms with E-state index in [0.29, 0.717) is 17.5 Å². The van der Waals surface area contributed by atoms with Crippen LogP contribution in [0.25, 0.3) is 0 Å². The summed E-state index contributed by atoms with van der Waals surface area (Å²) in [5.41, 5.74) is 0.588. The average Bonchev–Trinajstić information content (AvgIpc) is 2.56. The Hall–Kier alpha value is -2.50. The molecule has 1 aliphatic rings. The van der Waals surface area contributed by atoms with Crippen LogP contribution in [0.2, 0.25) is 0 Å². The van der Waals surface area contributed by atoms with Gasteiger partial charge in [-0.1, -0.05) is 25.3 Å². The summed E-state index contributed by atoms with van der Waals surface area (Å²) >= 11 is 0. The van der Waals surface area contributed by atoms with Crippen LogP contribution >= 0.6 is 0 Å². The lowest BCUT2D eigenvalue weighted by Gasteiger charge is -2.22. The Morgan fingerprint density at radius 3 is 2.61 bits per heavy atom. The van der Waals surface area contributed by atoms with Gasteiger partial charge in [0.25, 0.3) is 5.91 Å². The van der Waals surface area contributed by atoms with E-state index in [1.807, 2.05) is 0 Å². The lowest BCUT2D eigenvalue weighted by Crippen LogP contribution is -2.23. The van der Waals surface area contributed by atoms with E-state index in [1.165, 1.54) is 37.5 Å². The van der Waals surface area contributed by atoms with E-state index >= 15 is 0 Å². The van der Waals surface area contributed by atoms with E-state index in [9.17, 15) is 9.18 Å². The molecule has 2 N–H and O–H groups in total. The molecule has 0 radical (unpaired) electrons. The van der Waals surface area contributed by atoms with Crippen LogP contribution in [0.4, 0.5) is 15.9 Å². The minimum absolute atomic E-state index is 0.198. The van der Waals surface area contributed by atoms with Crippen molar-refractivity contribution >= 4 is 17.4 Å². The number of anilines is 2. The van der Waals surface area contributed by atoms with Crippen LogP contribution in [-0.4, -0.2) is 22.1 Å². The SMILES string of the molecule is O=C(Nc1cccc(F)c1)c1ccc(NC2CCCCC2)nn1. The lowest BCUT2D eigenvalue weighted by molar-refractivity contribution is 0.102. The van der Waals surface area contributed by atoms with Gasteiger partial charge < -0.3 is 10.6 Å². The standard InChI is InChI=1S/C17H19FN4O/c18-12-5-4-8-14(11-12)20-17(23)15-9-10-16(22-21-15)19-13-6-2-1-3-7-13/h4-5,8-11,13H,1-3,6-7H2,(H,19,22)(H,20,23). The third-order valence-corrected chi connectivity index (χ3v) is 3.94. The van der Waals surface area contributed by atoms with E-state index in [2.05, 4.69) is 20.8 Å². The zero-order valence-electron chi connectivity index (χ0n) is 12.8. The van der Waals surface area contributed by atoms with Crippen molar-refractivity contribution in [3.05, 3.63) is 47.9 Å². The number of rotatable bonds is 4. The molecule has 0 bridgehead atoms. The van der Waals surface area contributed by atoms with Gasteiger partial charge in [-0.05, 0) is 43.2 Å². The predicted octanol–water partition coefficient (Wildman–Crippen LogP) is 3.61. The molecule has 23 heavy (non-hydrogen) atoms. The van der Waals surface area contributed by atoms with Gasteiger partial charge in [0.15, 0.2) is 5.69 Å². The van der Waals surface area contributed by atoms with Gasteiger partial charge in [-0.25, -0.2) is 4.39 Å². The molecule has 0 aliphatic heterocycles. The highest BCUT2D eigenvalue weighted by molar-refractivity contribution is 6.02. The lowest BCUT2D eigenvalue weighted by atomic mass is 9.95. The summed E-state index contributed by atoms with van der Waals surface area (Å²) in [7, 11) is 0. The smallest absolute Gasteiger partial charge is 0.276 e.